The summed E-state index contributed by atoms with van der Waals surface area (Å²) in [4.78, 5) is 16.9. The number of H-pyrrole nitrogens is 1. The van der Waals surface area contributed by atoms with Gasteiger partial charge in [0, 0.05) is 23.8 Å². The van der Waals surface area contributed by atoms with Crippen LogP contribution < -0.4 is 0 Å². The fourth-order valence-corrected chi connectivity index (χ4v) is 4.23. The number of nitrogens with one attached hydrogen (secondary N) is 1. The van der Waals surface area contributed by atoms with Crippen LogP contribution in [0.4, 0.5) is 4.39 Å². The molecule has 0 saturated heterocycles. The zero-order valence-corrected chi connectivity index (χ0v) is 17.7. The van der Waals surface area contributed by atoms with E-state index in [1.165, 1.54) is 31.4 Å². The molecule has 0 bridgehead atoms. The number of nitrogens with zero attached hydrogens (tertiary/aromatic N) is 3. The SMILES string of the molecule is CCN(C(=O)CN(C)CCCc1cc(-c2ccc(F)cc2)n[nH]1)C1CCCCC1. The average Bonchev–Trinajstić information content (AvgIpc) is 3.19. The maximum absolute atomic E-state index is 13.1. The largest absolute Gasteiger partial charge is 0.339 e. The van der Waals surface area contributed by atoms with Crippen molar-refractivity contribution in [2.75, 3.05) is 26.7 Å². The fraction of sp³-hybridized carbons (Fsp3) is 0.565. The Morgan fingerprint density at radius 2 is 1.93 bits per heavy atom. The molecular formula is C23H33FN4O. The van der Waals surface area contributed by atoms with Crippen molar-refractivity contribution in [3.63, 3.8) is 0 Å². The molecule has 0 spiro atoms. The van der Waals surface area contributed by atoms with E-state index in [9.17, 15) is 9.18 Å². The Kier molecular flexibility index (Phi) is 7.81. The van der Waals surface area contributed by atoms with Gasteiger partial charge in [-0.2, -0.15) is 5.10 Å². The van der Waals surface area contributed by atoms with Crippen molar-refractivity contribution in [1.82, 2.24) is 20.0 Å². The van der Waals surface area contributed by atoms with Crippen LogP contribution in [-0.4, -0.2) is 58.6 Å². The van der Waals surface area contributed by atoms with E-state index in [1.807, 2.05) is 13.1 Å². The summed E-state index contributed by atoms with van der Waals surface area (Å²) in [5.74, 6) is 0.00857. The van der Waals surface area contributed by atoms with Crippen molar-refractivity contribution in [2.45, 2.75) is 57.9 Å². The number of aromatic nitrogens is 2. The number of carbonyl (C=O) groups excluding carboxylic acids is 1. The number of benzene rings is 1. The summed E-state index contributed by atoms with van der Waals surface area (Å²) in [7, 11) is 2.02. The molecule has 0 aliphatic heterocycles. The maximum atomic E-state index is 13.1. The molecule has 1 aromatic carbocycles. The predicted molar refractivity (Wildman–Crippen MR) is 114 cm³/mol. The zero-order valence-electron chi connectivity index (χ0n) is 17.7. The molecule has 1 amide bonds. The van der Waals surface area contributed by atoms with Crippen LogP contribution in [0.1, 0.15) is 51.1 Å². The number of halogens is 1. The minimum absolute atomic E-state index is 0.243. The Bertz CT molecular complexity index is 767. The fourth-order valence-electron chi connectivity index (χ4n) is 4.23. The summed E-state index contributed by atoms with van der Waals surface area (Å²) in [6.45, 7) is 4.23. The summed E-state index contributed by atoms with van der Waals surface area (Å²) in [6.07, 6.45) is 7.91. The second kappa shape index (κ2) is 10.5. The van der Waals surface area contributed by atoms with Crippen LogP contribution in [-0.2, 0) is 11.2 Å². The van der Waals surface area contributed by atoms with Crippen molar-refractivity contribution in [3.8, 4) is 11.3 Å². The number of rotatable bonds is 9. The van der Waals surface area contributed by atoms with Crippen molar-refractivity contribution in [1.29, 1.82) is 0 Å². The Labute approximate surface area is 173 Å². The first kappa shape index (κ1) is 21.5. The first-order valence-electron chi connectivity index (χ1n) is 10.8. The Hall–Kier alpha value is -2.21. The highest BCUT2D eigenvalue weighted by molar-refractivity contribution is 5.78. The minimum Gasteiger partial charge on any atom is -0.339 e. The third-order valence-corrected chi connectivity index (χ3v) is 5.84. The number of hydrogen-bond donors (Lipinski definition) is 1. The number of hydrogen-bond acceptors (Lipinski definition) is 3. The van der Waals surface area contributed by atoms with Gasteiger partial charge in [0.1, 0.15) is 5.82 Å². The summed E-state index contributed by atoms with van der Waals surface area (Å²) in [6, 6.07) is 8.82. The van der Waals surface area contributed by atoms with Gasteiger partial charge in [-0.3, -0.25) is 14.8 Å². The van der Waals surface area contributed by atoms with E-state index in [0.717, 1.165) is 55.7 Å². The van der Waals surface area contributed by atoms with E-state index in [0.29, 0.717) is 12.6 Å². The molecule has 1 N–H and O–H groups in total. The molecule has 5 nitrogen and oxygen atoms in total. The lowest BCUT2D eigenvalue weighted by atomic mass is 9.94. The van der Waals surface area contributed by atoms with Gasteiger partial charge in [0.15, 0.2) is 0 Å². The smallest absolute Gasteiger partial charge is 0.236 e. The Morgan fingerprint density at radius 3 is 2.62 bits per heavy atom. The van der Waals surface area contributed by atoms with E-state index in [2.05, 4.69) is 26.9 Å². The molecule has 1 fully saturated rings. The van der Waals surface area contributed by atoms with Crippen LogP contribution in [0.2, 0.25) is 0 Å². The van der Waals surface area contributed by atoms with Crippen molar-refractivity contribution >= 4 is 5.91 Å². The van der Waals surface area contributed by atoms with E-state index in [-0.39, 0.29) is 11.7 Å². The van der Waals surface area contributed by atoms with Crippen molar-refractivity contribution in [2.24, 2.45) is 0 Å². The second-order valence-corrected chi connectivity index (χ2v) is 8.10. The summed E-state index contributed by atoms with van der Waals surface area (Å²) < 4.78 is 13.1. The molecule has 0 atom stereocenters. The van der Waals surface area contributed by atoms with Gasteiger partial charge in [-0.15, -0.1) is 0 Å². The molecule has 1 aliphatic carbocycles. The quantitative estimate of drug-likeness (QED) is 0.684. The number of aromatic amines is 1. The predicted octanol–water partition coefficient (Wildman–Crippen LogP) is 4.26. The van der Waals surface area contributed by atoms with Crippen molar-refractivity contribution < 1.29 is 9.18 Å². The van der Waals surface area contributed by atoms with E-state index < -0.39 is 0 Å². The molecule has 158 valence electrons. The molecule has 2 aromatic rings. The maximum Gasteiger partial charge on any atom is 0.236 e. The van der Waals surface area contributed by atoms with Gasteiger partial charge in [-0.1, -0.05) is 19.3 Å². The molecule has 1 aliphatic rings. The highest BCUT2D eigenvalue weighted by Gasteiger charge is 2.24. The molecule has 1 aromatic heterocycles. The lowest BCUT2D eigenvalue weighted by Crippen LogP contribution is -2.45. The van der Waals surface area contributed by atoms with Crippen LogP contribution in [0.5, 0.6) is 0 Å². The topological polar surface area (TPSA) is 52.2 Å². The van der Waals surface area contributed by atoms with E-state index >= 15 is 0 Å². The van der Waals surface area contributed by atoms with Crippen LogP contribution in [0.15, 0.2) is 30.3 Å². The number of aryl methyl sites for hydroxylation is 1. The normalized spacial score (nSPS) is 15.0. The second-order valence-electron chi connectivity index (χ2n) is 8.10. The highest BCUT2D eigenvalue weighted by atomic mass is 19.1. The standard InChI is InChI=1S/C23H33FN4O/c1-3-28(21-9-5-4-6-10-21)23(29)17-27(2)15-7-8-20-16-22(26-25-20)18-11-13-19(24)14-12-18/h11-14,16,21H,3-10,15,17H2,1-2H3,(H,25,26). The molecule has 0 radical (unpaired) electrons. The number of likely N-dealkylation sites (N-methyl/N-ethyl adjacent to an activating group) is 2. The van der Waals surface area contributed by atoms with Crippen LogP contribution in [0.25, 0.3) is 11.3 Å². The number of amides is 1. The number of carbonyl (C=O) groups is 1. The zero-order chi connectivity index (χ0) is 20.6. The first-order chi connectivity index (χ1) is 14.1. The Morgan fingerprint density at radius 1 is 1.21 bits per heavy atom. The monoisotopic (exact) mass is 400 g/mol. The van der Waals surface area contributed by atoms with Gasteiger partial charge >= 0.3 is 0 Å². The highest BCUT2D eigenvalue weighted by Crippen LogP contribution is 2.23. The van der Waals surface area contributed by atoms with Gasteiger partial charge in [0.2, 0.25) is 5.91 Å². The summed E-state index contributed by atoms with van der Waals surface area (Å²) >= 11 is 0. The van der Waals surface area contributed by atoms with E-state index in [1.54, 1.807) is 12.1 Å². The van der Waals surface area contributed by atoms with Crippen LogP contribution in [0.3, 0.4) is 0 Å². The van der Waals surface area contributed by atoms with Crippen LogP contribution in [0, 0.1) is 5.82 Å². The van der Waals surface area contributed by atoms with E-state index in [4.69, 9.17) is 0 Å². The van der Waals surface area contributed by atoms with Gasteiger partial charge in [0.25, 0.3) is 0 Å². The summed E-state index contributed by atoms with van der Waals surface area (Å²) in [5, 5.41) is 7.39. The molecular weight excluding hydrogens is 367 g/mol. The average molecular weight is 401 g/mol. The molecule has 3 rings (SSSR count). The molecule has 1 saturated carbocycles. The van der Waals surface area contributed by atoms with Gasteiger partial charge in [-0.25, -0.2) is 4.39 Å². The molecule has 6 heteroatoms. The molecule has 29 heavy (non-hydrogen) atoms. The van der Waals surface area contributed by atoms with Gasteiger partial charge in [0.05, 0.1) is 12.2 Å². The summed E-state index contributed by atoms with van der Waals surface area (Å²) in [5.41, 5.74) is 2.79. The molecule has 1 heterocycles. The Balaban J connectivity index is 1.43. The van der Waals surface area contributed by atoms with Gasteiger partial charge in [-0.05, 0) is 76.5 Å². The van der Waals surface area contributed by atoms with Crippen LogP contribution >= 0.6 is 0 Å². The minimum atomic E-state index is -0.243. The first-order valence-corrected chi connectivity index (χ1v) is 10.8. The lowest BCUT2D eigenvalue weighted by Gasteiger charge is -2.34. The molecule has 0 unspecified atom stereocenters. The third kappa shape index (κ3) is 6.13. The van der Waals surface area contributed by atoms with Gasteiger partial charge < -0.3 is 4.90 Å². The third-order valence-electron chi connectivity index (χ3n) is 5.84. The van der Waals surface area contributed by atoms with Crippen molar-refractivity contribution in [3.05, 3.63) is 41.8 Å². The lowest BCUT2D eigenvalue weighted by molar-refractivity contribution is -0.134.